The van der Waals surface area contributed by atoms with E-state index < -0.39 is 27.9 Å². The van der Waals surface area contributed by atoms with Crippen LogP contribution in [0.5, 0.6) is 0 Å². The standard InChI is InChI=1S/C21H20Cl2N2O5S/c1-4-18(25(31(3,28)29)13-9-10-16(22)17(23)11-13)20(26)24-12-15(21(27)30-2)14-7-5-6-8-19(14)24/h5-12,18H,4H2,1-3H3. The van der Waals surface area contributed by atoms with E-state index in [1.807, 2.05) is 0 Å². The first-order valence-electron chi connectivity index (χ1n) is 9.27. The Morgan fingerprint density at radius 2 is 1.81 bits per heavy atom. The molecule has 1 unspecified atom stereocenters. The van der Waals surface area contributed by atoms with Crippen molar-refractivity contribution < 1.29 is 22.7 Å². The number of benzene rings is 2. The number of halogens is 2. The number of sulfonamides is 1. The van der Waals surface area contributed by atoms with Gasteiger partial charge in [0.2, 0.25) is 10.0 Å². The lowest BCUT2D eigenvalue weighted by molar-refractivity contribution is 0.0603. The maximum absolute atomic E-state index is 13.6. The first-order chi connectivity index (χ1) is 14.6. The lowest BCUT2D eigenvalue weighted by Gasteiger charge is -2.30. The number of aromatic nitrogens is 1. The van der Waals surface area contributed by atoms with Crippen molar-refractivity contribution in [3.8, 4) is 0 Å². The minimum atomic E-state index is -3.87. The van der Waals surface area contributed by atoms with Crippen LogP contribution in [-0.4, -0.2) is 44.3 Å². The van der Waals surface area contributed by atoms with Crippen LogP contribution in [0.25, 0.3) is 10.9 Å². The van der Waals surface area contributed by atoms with E-state index in [0.29, 0.717) is 10.9 Å². The Bertz CT molecular complexity index is 1270. The van der Waals surface area contributed by atoms with Crippen LogP contribution >= 0.6 is 23.2 Å². The number of rotatable bonds is 6. The zero-order chi connectivity index (χ0) is 22.9. The Morgan fingerprint density at radius 1 is 1.13 bits per heavy atom. The number of ether oxygens (including phenoxy) is 1. The minimum absolute atomic E-state index is 0.162. The number of nitrogens with zero attached hydrogens (tertiary/aromatic N) is 2. The fourth-order valence-electron chi connectivity index (χ4n) is 3.46. The van der Waals surface area contributed by atoms with Crippen molar-refractivity contribution in [1.82, 2.24) is 4.57 Å². The lowest BCUT2D eigenvalue weighted by atomic mass is 10.1. The third kappa shape index (κ3) is 4.42. The molecular formula is C21H20Cl2N2O5S. The van der Waals surface area contributed by atoms with Gasteiger partial charge in [-0.15, -0.1) is 0 Å². The van der Waals surface area contributed by atoms with Gasteiger partial charge in [0.25, 0.3) is 5.91 Å². The maximum Gasteiger partial charge on any atom is 0.340 e. The van der Waals surface area contributed by atoms with Gasteiger partial charge in [-0.2, -0.15) is 0 Å². The summed E-state index contributed by atoms with van der Waals surface area (Å²) < 4.78 is 32.5. The average Bonchev–Trinajstić information content (AvgIpc) is 3.12. The van der Waals surface area contributed by atoms with E-state index in [1.165, 1.54) is 36.1 Å². The number of hydrogen-bond donors (Lipinski definition) is 0. The van der Waals surface area contributed by atoms with Crippen molar-refractivity contribution in [2.24, 2.45) is 0 Å². The van der Waals surface area contributed by atoms with Gasteiger partial charge in [-0.05, 0) is 30.7 Å². The molecule has 0 saturated carbocycles. The number of carbonyl (C=O) groups is 2. The highest BCUT2D eigenvalue weighted by Crippen LogP contribution is 2.31. The molecule has 0 aliphatic heterocycles. The van der Waals surface area contributed by atoms with Crippen LogP contribution in [-0.2, 0) is 14.8 Å². The number of methoxy groups -OCH3 is 1. The van der Waals surface area contributed by atoms with E-state index in [4.69, 9.17) is 27.9 Å². The van der Waals surface area contributed by atoms with Gasteiger partial charge in [-0.1, -0.05) is 48.3 Å². The van der Waals surface area contributed by atoms with E-state index in [-0.39, 0.29) is 27.7 Å². The molecule has 0 bridgehead atoms. The van der Waals surface area contributed by atoms with Crippen LogP contribution < -0.4 is 4.31 Å². The van der Waals surface area contributed by atoms with Crippen molar-refractivity contribution >= 4 is 61.7 Å². The fraction of sp³-hybridized carbons (Fsp3) is 0.238. The minimum Gasteiger partial charge on any atom is -0.465 e. The molecule has 7 nitrogen and oxygen atoms in total. The van der Waals surface area contributed by atoms with Gasteiger partial charge >= 0.3 is 5.97 Å². The van der Waals surface area contributed by atoms with Gasteiger partial charge in [0.15, 0.2) is 0 Å². The smallest absolute Gasteiger partial charge is 0.340 e. The second-order valence-electron chi connectivity index (χ2n) is 6.84. The molecule has 0 saturated heterocycles. The first kappa shape index (κ1) is 23.1. The molecule has 0 amide bonds. The van der Waals surface area contributed by atoms with Gasteiger partial charge in [-0.3, -0.25) is 13.7 Å². The number of carbonyl (C=O) groups excluding carboxylic acids is 2. The molecule has 1 aromatic heterocycles. The van der Waals surface area contributed by atoms with Gasteiger partial charge < -0.3 is 4.74 Å². The Morgan fingerprint density at radius 3 is 2.39 bits per heavy atom. The Labute approximate surface area is 190 Å². The number of anilines is 1. The zero-order valence-corrected chi connectivity index (χ0v) is 19.3. The number of hydrogen-bond acceptors (Lipinski definition) is 5. The molecule has 0 spiro atoms. The van der Waals surface area contributed by atoms with Crippen LogP contribution in [0.2, 0.25) is 10.0 Å². The predicted molar refractivity (Wildman–Crippen MR) is 122 cm³/mol. The number of fused-ring (bicyclic) bond motifs is 1. The summed E-state index contributed by atoms with van der Waals surface area (Å²) in [5, 5.41) is 0.949. The van der Waals surface area contributed by atoms with Gasteiger partial charge in [0, 0.05) is 11.6 Å². The second-order valence-corrected chi connectivity index (χ2v) is 9.51. The third-order valence-corrected chi connectivity index (χ3v) is 6.74. The lowest BCUT2D eigenvalue weighted by Crippen LogP contribution is -2.46. The van der Waals surface area contributed by atoms with Crippen molar-refractivity contribution in [3.05, 3.63) is 64.3 Å². The van der Waals surface area contributed by atoms with E-state index in [2.05, 4.69) is 0 Å². The summed E-state index contributed by atoms with van der Waals surface area (Å²) >= 11 is 12.1. The SMILES string of the molecule is CCC(C(=O)n1cc(C(=O)OC)c2ccccc21)N(c1ccc(Cl)c(Cl)c1)S(C)(=O)=O. The summed E-state index contributed by atoms with van der Waals surface area (Å²) in [6.45, 7) is 1.70. The summed E-state index contributed by atoms with van der Waals surface area (Å²) in [5.41, 5.74) is 0.887. The molecule has 0 aliphatic carbocycles. The molecule has 164 valence electrons. The molecule has 1 heterocycles. The summed E-state index contributed by atoms with van der Waals surface area (Å²) in [6, 6.07) is 10.1. The van der Waals surface area contributed by atoms with Crippen LogP contribution in [0.3, 0.4) is 0 Å². The summed E-state index contributed by atoms with van der Waals surface area (Å²) in [5.74, 6) is -1.12. The molecule has 2 aromatic carbocycles. The van der Waals surface area contributed by atoms with Crippen molar-refractivity contribution in [1.29, 1.82) is 0 Å². The third-order valence-electron chi connectivity index (χ3n) is 4.82. The quantitative estimate of drug-likeness (QED) is 0.478. The largest absolute Gasteiger partial charge is 0.465 e. The normalized spacial score (nSPS) is 12.5. The highest BCUT2D eigenvalue weighted by Gasteiger charge is 2.34. The maximum atomic E-state index is 13.6. The molecule has 0 fully saturated rings. The Kier molecular flexibility index (Phi) is 6.64. The second kappa shape index (κ2) is 8.90. The molecule has 0 aliphatic rings. The van der Waals surface area contributed by atoms with Gasteiger partial charge in [0.05, 0.1) is 40.2 Å². The highest BCUT2D eigenvalue weighted by molar-refractivity contribution is 7.92. The number of para-hydroxylation sites is 1. The first-order valence-corrected chi connectivity index (χ1v) is 11.9. The van der Waals surface area contributed by atoms with E-state index in [0.717, 1.165) is 10.6 Å². The monoisotopic (exact) mass is 482 g/mol. The van der Waals surface area contributed by atoms with E-state index in [9.17, 15) is 18.0 Å². The fourth-order valence-corrected chi connectivity index (χ4v) is 4.95. The van der Waals surface area contributed by atoms with Crippen LogP contribution in [0, 0.1) is 0 Å². The van der Waals surface area contributed by atoms with Crippen LogP contribution in [0.1, 0.15) is 28.5 Å². The zero-order valence-electron chi connectivity index (χ0n) is 17.0. The van der Waals surface area contributed by atoms with E-state index >= 15 is 0 Å². The van der Waals surface area contributed by atoms with Crippen molar-refractivity contribution in [3.63, 3.8) is 0 Å². The topological polar surface area (TPSA) is 85.7 Å². The molecule has 3 aromatic rings. The van der Waals surface area contributed by atoms with Crippen LogP contribution in [0.15, 0.2) is 48.7 Å². The molecule has 10 heteroatoms. The predicted octanol–water partition coefficient (Wildman–Crippen LogP) is 4.62. The van der Waals surface area contributed by atoms with Crippen molar-refractivity contribution in [2.75, 3.05) is 17.7 Å². The molecular weight excluding hydrogens is 463 g/mol. The summed E-state index contributed by atoms with van der Waals surface area (Å²) in [6.07, 6.45) is 2.56. The Balaban J connectivity index is 2.18. The van der Waals surface area contributed by atoms with Gasteiger partial charge in [0.1, 0.15) is 6.04 Å². The average molecular weight is 483 g/mol. The summed E-state index contributed by atoms with van der Waals surface area (Å²) in [7, 11) is -2.62. The molecule has 0 radical (unpaired) electrons. The Hall–Kier alpha value is -2.55. The van der Waals surface area contributed by atoms with Gasteiger partial charge in [-0.25, -0.2) is 13.2 Å². The molecule has 0 N–H and O–H groups in total. The highest BCUT2D eigenvalue weighted by atomic mass is 35.5. The number of esters is 1. The summed E-state index contributed by atoms with van der Waals surface area (Å²) in [4.78, 5) is 25.8. The molecule has 31 heavy (non-hydrogen) atoms. The van der Waals surface area contributed by atoms with E-state index in [1.54, 1.807) is 31.2 Å². The van der Waals surface area contributed by atoms with Crippen LogP contribution in [0.4, 0.5) is 5.69 Å². The molecule has 3 rings (SSSR count). The van der Waals surface area contributed by atoms with Crippen molar-refractivity contribution in [2.45, 2.75) is 19.4 Å². The molecule has 1 atom stereocenters.